The van der Waals surface area contributed by atoms with Crippen molar-refractivity contribution in [2.75, 3.05) is 13.2 Å². The van der Waals surface area contributed by atoms with E-state index in [-0.39, 0.29) is 0 Å². The molecule has 0 aliphatic rings. The van der Waals surface area contributed by atoms with Crippen molar-refractivity contribution in [3.63, 3.8) is 0 Å². The Balaban J connectivity index is 2.87. The van der Waals surface area contributed by atoms with Gasteiger partial charge in [0.2, 0.25) is 0 Å². The highest BCUT2D eigenvalue weighted by Crippen LogP contribution is 2.33. The molecule has 0 atom stereocenters. The summed E-state index contributed by atoms with van der Waals surface area (Å²) in [4.78, 5) is 0.537. The van der Waals surface area contributed by atoms with E-state index in [0.717, 1.165) is 30.6 Å². The number of thiocarbonyl (C=S) groups is 1. The molecule has 0 aliphatic heterocycles. The van der Waals surface area contributed by atoms with E-state index in [1.54, 1.807) is 0 Å². The molecule has 0 amide bonds. The Labute approximate surface area is 125 Å². The van der Waals surface area contributed by atoms with Crippen molar-refractivity contribution < 1.29 is 9.47 Å². The van der Waals surface area contributed by atoms with Crippen molar-refractivity contribution in [3.8, 4) is 11.5 Å². The molecule has 0 spiro atoms. The van der Waals surface area contributed by atoms with Gasteiger partial charge in [-0.2, -0.15) is 0 Å². The Morgan fingerprint density at radius 1 is 1.21 bits per heavy atom. The number of nitrogens with two attached hydrogens (primary N) is 1. The lowest BCUT2D eigenvalue weighted by atomic mass is 10.1. The minimum absolute atomic E-state index is 0.537. The largest absolute Gasteiger partial charge is 0.493 e. The predicted octanol–water partition coefficient (Wildman–Crippen LogP) is 3.75. The number of rotatable bonds is 8. The summed E-state index contributed by atoms with van der Waals surface area (Å²) in [7, 11) is 0. The van der Waals surface area contributed by atoms with Crippen LogP contribution in [-0.4, -0.2) is 18.2 Å². The zero-order valence-electron chi connectivity index (χ0n) is 11.4. The van der Waals surface area contributed by atoms with Gasteiger partial charge in [0.25, 0.3) is 0 Å². The summed E-state index contributed by atoms with van der Waals surface area (Å²) in [6, 6.07) is 3.75. The second-order valence-corrected chi connectivity index (χ2v) is 5.01. The fourth-order valence-electron chi connectivity index (χ4n) is 1.78. The molecule has 1 aromatic rings. The molecular weight excluding hydrogens is 282 g/mol. The molecule has 0 aliphatic carbocycles. The first-order valence-electron chi connectivity index (χ1n) is 6.44. The first kappa shape index (κ1) is 16.1. The molecule has 0 saturated heterocycles. The Bertz CT molecular complexity index is 438. The predicted molar refractivity (Wildman–Crippen MR) is 83.5 cm³/mol. The van der Waals surface area contributed by atoms with Crippen LogP contribution in [0.4, 0.5) is 0 Å². The molecule has 1 aromatic carbocycles. The minimum Gasteiger partial charge on any atom is -0.493 e. The van der Waals surface area contributed by atoms with Gasteiger partial charge in [-0.05, 0) is 44.7 Å². The highest BCUT2D eigenvalue weighted by Gasteiger charge is 2.10. The third-order valence-electron chi connectivity index (χ3n) is 2.58. The van der Waals surface area contributed by atoms with Crippen molar-refractivity contribution in [1.29, 1.82) is 0 Å². The second kappa shape index (κ2) is 8.23. The van der Waals surface area contributed by atoms with Crippen molar-refractivity contribution in [2.24, 2.45) is 5.73 Å². The summed E-state index contributed by atoms with van der Waals surface area (Å²) in [5.41, 5.74) is 6.56. The molecule has 0 heterocycles. The number of aryl methyl sites for hydroxylation is 1. The third-order valence-corrected chi connectivity index (χ3v) is 3.08. The standard InChI is InChI=1S/C14H20ClNO2S/c1-3-17-12-9-13(18-4-2)11(15)8-10(12)6-5-7-14(16)19/h8-9H,3-7H2,1-2H3,(H2,16,19). The molecule has 5 heteroatoms. The summed E-state index contributed by atoms with van der Waals surface area (Å²) in [5.74, 6) is 1.48. The molecular formula is C14H20ClNO2S. The smallest absolute Gasteiger partial charge is 0.141 e. The maximum absolute atomic E-state index is 6.19. The van der Waals surface area contributed by atoms with Crippen LogP contribution in [-0.2, 0) is 6.42 Å². The monoisotopic (exact) mass is 301 g/mol. The molecule has 19 heavy (non-hydrogen) atoms. The molecule has 0 unspecified atom stereocenters. The van der Waals surface area contributed by atoms with Gasteiger partial charge < -0.3 is 15.2 Å². The van der Waals surface area contributed by atoms with Gasteiger partial charge in [0.1, 0.15) is 11.5 Å². The van der Waals surface area contributed by atoms with Crippen LogP contribution < -0.4 is 15.2 Å². The lowest BCUT2D eigenvalue weighted by Crippen LogP contribution is -2.08. The fraction of sp³-hybridized carbons (Fsp3) is 0.500. The molecule has 2 N–H and O–H groups in total. The van der Waals surface area contributed by atoms with Crippen molar-refractivity contribution >= 4 is 28.8 Å². The third kappa shape index (κ3) is 5.25. The molecule has 0 bridgehead atoms. The number of hydrogen-bond donors (Lipinski definition) is 1. The van der Waals surface area contributed by atoms with Crippen molar-refractivity contribution in [1.82, 2.24) is 0 Å². The van der Waals surface area contributed by atoms with Crippen LogP contribution in [0.1, 0.15) is 32.3 Å². The molecule has 0 fully saturated rings. The van der Waals surface area contributed by atoms with E-state index in [9.17, 15) is 0 Å². The number of ether oxygens (including phenoxy) is 2. The number of benzene rings is 1. The molecule has 3 nitrogen and oxygen atoms in total. The lowest BCUT2D eigenvalue weighted by molar-refractivity contribution is 0.320. The van der Waals surface area contributed by atoms with Gasteiger partial charge in [-0.3, -0.25) is 0 Å². The first-order valence-corrected chi connectivity index (χ1v) is 7.23. The SMILES string of the molecule is CCOc1cc(OCC)c(CCCC(N)=S)cc1Cl. The van der Waals surface area contributed by atoms with Crippen molar-refractivity contribution in [3.05, 3.63) is 22.7 Å². The lowest BCUT2D eigenvalue weighted by Gasteiger charge is -2.14. The summed E-state index contributed by atoms with van der Waals surface area (Å²) in [5, 5.41) is 0.607. The van der Waals surface area contributed by atoms with Crippen LogP contribution in [0.15, 0.2) is 12.1 Å². The van der Waals surface area contributed by atoms with Gasteiger partial charge in [-0.15, -0.1) is 0 Å². The summed E-state index contributed by atoms with van der Waals surface area (Å²) >= 11 is 11.1. The van der Waals surface area contributed by atoms with Crippen molar-refractivity contribution in [2.45, 2.75) is 33.1 Å². The van der Waals surface area contributed by atoms with Crippen LogP contribution in [0, 0.1) is 0 Å². The summed E-state index contributed by atoms with van der Waals surface area (Å²) in [6.07, 6.45) is 2.45. The average molecular weight is 302 g/mol. The molecule has 0 radical (unpaired) electrons. The maximum Gasteiger partial charge on any atom is 0.141 e. The Kier molecular flexibility index (Phi) is 6.95. The van der Waals surface area contributed by atoms with E-state index in [1.165, 1.54) is 0 Å². The van der Waals surface area contributed by atoms with Gasteiger partial charge in [0.05, 0.1) is 23.2 Å². The van der Waals surface area contributed by atoms with Crippen LogP contribution in [0.5, 0.6) is 11.5 Å². The molecule has 0 saturated carbocycles. The Hall–Kier alpha value is -1.00. The van der Waals surface area contributed by atoms with E-state index in [0.29, 0.717) is 29.0 Å². The van der Waals surface area contributed by atoms with E-state index in [4.69, 9.17) is 39.0 Å². The number of halogens is 1. The van der Waals surface area contributed by atoms with E-state index >= 15 is 0 Å². The topological polar surface area (TPSA) is 44.5 Å². The quantitative estimate of drug-likeness (QED) is 0.743. The normalized spacial score (nSPS) is 10.3. The fourth-order valence-corrected chi connectivity index (χ4v) is 2.17. The zero-order valence-corrected chi connectivity index (χ0v) is 12.9. The molecule has 106 valence electrons. The van der Waals surface area contributed by atoms with Gasteiger partial charge in [0.15, 0.2) is 0 Å². The Morgan fingerprint density at radius 2 is 1.84 bits per heavy atom. The summed E-state index contributed by atoms with van der Waals surface area (Å²) in [6.45, 7) is 5.06. The zero-order chi connectivity index (χ0) is 14.3. The van der Waals surface area contributed by atoms with Gasteiger partial charge in [0, 0.05) is 6.07 Å². The van der Waals surface area contributed by atoms with E-state index in [1.807, 2.05) is 26.0 Å². The highest BCUT2D eigenvalue weighted by molar-refractivity contribution is 7.80. The number of hydrogen-bond acceptors (Lipinski definition) is 3. The molecule has 1 rings (SSSR count). The van der Waals surface area contributed by atoms with Gasteiger partial charge >= 0.3 is 0 Å². The Morgan fingerprint density at radius 3 is 2.42 bits per heavy atom. The van der Waals surface area contributed by atoms with Crippen LogP contribution >= 0.6 is 23.8 Å². The minimum atomic E-state index is 0.537. The highest BCUT2D eigenvalue weighted by atomic mass is 35.5. The molecule has 0 aromatic heterocycles. The van der Waals surface area contributed by atoms with Crippen LogP contribution in [0.25, 0.3) is 0 Å². The second-order valence-electron chi connectivity index (χ2n) is 4.08. The summed E-state index contributed by atoms with van der Waals surface area (Å²) < 4.78 is 11.1. The van der Waals surface area contributed by atoms with E-state index in [2.05, 4.69) is 0 Å². The van der Waals surface area contributed by atoms with E-state index < -0.39 is 0 Å². The average Bonchev–Trinajstić information content (AvgIpc) is 2.34. The van der Waals surface area contributed by atoms with Crippen LogP contribution in [0.2, 0.25) is 5.02 Å². The first-order chi connectivity index (χ1) is 9.08. The maximum atomic E-state index is 6.19. The van der Waals surface area contributed by atoms with Crippen LogP contribution in [0.3, 0.4) is 0 Å². The van der Waals surface area contributed by atoms with Gasteiger partial charge in [-0.25, -0.2) is 0 Å². The van der Waals surface area contributed by atoms with Gasteiger partial charge in [-0.1, -0.05) is 23.8 Å².